The molecule has 1 aliphatic rings. The van der Waals surface area contributed by atoms with Gasteiger partial charge in [-0.25, -0.2) is 14.4 Å². The molecule has 31 heavy (non-hydrogen) atoms. The third kappa shape index (κ3) is 4.16. The molecular weight excluding hydrogens is 399 g/mol. The Bertz CT molecular complexity index is 1140. The van der Waals surface area contributed by atoms with E-state index in [1.54, 1.807) is 41.8 Å². The van der Waals surface area contributed by atoms with E-state index in [-0.39, 0.29) is 17.6 Å². The second-order valence-corrected chi connectivity index (χ2v) is 7.73. The van der Waals surface area contributed by atoms with Crippen LogP contribution in [0.1, 0.15) is 51.1 Å². The summed E-state index contributed by atoms with van der Waals surface area (Å²) in [6, 6.07) is 7.80. The topological polar surface area (TPSA) is 107 Å². The zero-order valence-electron chi connectivity index (χ0n) is 17.4. The van der Waals surface area contributed by atoms with Crippen molar-refractivity contribution in [2.45, 2.75) is 25.7 Å². The van der Waals surface area contributed by atoms with Crippen molar-refractivity contribution in [1.29, 1.82) is 0 Å². The molecule has 3 aromatic rings. The van der Waals surface area contributed by atoms with Crippen LogP contribution in [0.2, 0.25) is 0 Å². The lowest BCUT2D eigenvalue weighted by molar-refractivity contribution is 0.0697. The number of benzene rings is 1. The van der Waals surface area contributed by atoms with Gasteiger partial charge in [-0.05, 0) is 55.7 Å². The van der Waals surface area contributed by atoms with Crippen LogP contribution in [0.25, 0.3) is 11.3 Å². The fraction of sp³-hybridized carbons (Fsp3) is 0.318. The van der Waals surface area contributed by atoms with Crippen molar-refractivity contribution in [2.24, 2.45) is 12.8 Å². The molecular formula is C22H23FN6O2. The van der Waals surface area contributed by atoms with E-state index in [2.05, 4.69) is 15.1 Å². The largest absolute Gasteiger partial charge is 0.365 e. The van der Waals surface area contributed by atoms with Crippen molar-refractivity contribution in [2.75, 3.05) is 13.1 Å². The molecule has 0 saturated carbocycles. The van der Waals surface area contributed by atoms with E-state index in [0.29, 0.717) is 35.9 Å². The van der Waals surface area contributed by atoms with Crippen LogP contribution in [-0.2, 0) is 7.05 Å². The number of aryl methyl sites for hydroxylation is 2. The fourth-order valence-corrected chi connectivity index (χ4v) is 3.92. The van der Waals surface area contributed by atoms with E-state index < -0.39 is 5.91 Å². The summed E-state index contributed by atoms with van der Waals surface area (Å²) in [5.41, 5.74) is 8.02. The number of carbonyl (C=O) groups is 2. The number of aromatic nitrogens is 4. The smallest absolute Gasteiger partial charge is 0.274 e. The van der Waals surface area contributed by atoms with Gasteiger partial charge >= 0.3 is 0 Å². The zero-order chi connectivity index (χ0) is 22.1. The highest BCUT2D eigenvalue weighted by Gasteiger charge is 2.29. The molecule has 0 bridgehead atoms. The Morgan fingerprint density at radius 2 is 1.97 bits per heavy atom. The lowest BCUT2D eigenvalue weighted by Crippen LogP contribution is -2.39. The lowest BCUT2D eigenvalue weighted by atomic mass is 9.96. The molecule has 0 radical (unpaired) electrons. The molecule has 1 atom stereocenters. The summed E-state index contributed by atoms with van der Waals surface area (Å²) in [5.74, 6) is -0.467. The Kier molecular flexibility index (Phi) is 5.50. The summed E-state index contributed by atoms with van der Waals surface area (Å²) < 4.78 is 14.8. The monoisotopic (exact) mass is 422 g/mol. The maximum atomic E-state index is 13.2. The van der Waals surface area contributed by atoms with Gasteiger partial charge in [0.25, 0.3) is 11.8 Å². The molecule has 9 heteroatoms. The molecule has 0 aliphatic carbocycles. The Hall–Kier alpha value is -3.62. The molecule has 160 valence electrons. The van der Waals surface area contributed by atoms with Gasteiger partial charge < -0.3 is 10.6 Å². The van der Waals surface area contributed by atoms with E-state index in [9.17, 15) is 14.0 Å². The Morgan fingerprint density at radius 1 is 1.23 bits per heavy atom. The number of hydrogen-bond donors (Lipinski definition) is 1. The van der Waals surface area contributed by atoms with Crippen molar-refractivity contribution in [3.63, 3.8) is 0 Å². The second-order valence-electron chi connectivity index (χ2n) is 7.73. The van der Waals surface area contributed by atoms with Gasteiger partial charge in [0.2, 0.25) is 0 Å². The fourth-order valence-electron chi connectivity index (χ4n) is 3.92. The zero-order valence-corrected chi connectivity index (χ0v) is 17.4. The molecule has 1 saturated heterocycles. The number of nitrogens with two attached hydrogens (primary N) is 1. The van der Waals surface area contributed by atoms with Crippen molar-refractivity contribution in [3.8, 4) is 11.3 Å². The minimum absolute atomic E-state index is 0.0291. The van der Waals surface area contributed by atoms with Crippen LogP contribution in [0.3, 0.4) is 0 Å². The first-order valence-corrected chi connectivity index (χ1v) is 10.1. The van der Waals surface area contributed by atoms with E-state index >= 15 is 0 Å². The molecule has 8 nitrogen and oxygen atoms in total. The normalized spacial score (nSPS) is 16.4. The van der Waals surface area contributed by atoms with E-state index in [1.165, 1.54) is 18.3 Å². The van der Waals surface area contributed by atoms with Gasteiger partial charge in [0.15, 0.2) is 5.69 Å². The number of carbonyl (C=O) groups excluding carboxylic acids is 2. The molecule has 1 fully saturated rings. The average molecular weight is 422 g/mol. The number of nitrogens with zero attached hydrogens (tertiary/aromatic N) is 5. The first kappa shape index (κ1) is 20.6. The van der Waals surface area contributed by atoms with Gasteiger partial charge in [0.05, 0.1) is 17.0 Å². The van der Waals surface area contributed by atoms with Crippen LogP contribution in [-0.4, -0.2) is 49.6 Å². The first-order valence-electron chi connectivity index (χ1n) is 10.1. The number of hydrogen-bond acceptors (Lipinski definition) is 5. The maximum absolute atomic E-state index is 13.2. The lowest BCUT2D eigenvalue weighted by Gasteiger charge is -2.31. The number of likely N-dealkylation sites (tertiary alicyclic amines) is 1. The highest BCUT2D eigenvalue weighted by molar-refractivity contribution is 5.94. The van der Waals surface area contributed by atoms with Gasteiger partial charge in [-0.15, -0.1) is 0 Å². The molecule has 0 spiro atoms. The van der Waals surface area contributed by atoms with E-state index in [4.69, 9.17) is 5.73 Å². The Morgan fingerprint density at radius 3 is 2.65 bits per heavy atom. The van der Waals surface area contributed by atoms with E-state index in [0.717, 1.165) is 24.1 Å². The quantitative estimate of drug-likeness (QED) is 0.695. The van der Waals surface area contributed by atoms with Crippen molar-refractivity contribution < 1.29 is 14.0 Å². The minimum Gasteiger partial charge on any atom is -0.365 e. The van der Waals surface area contributed by atoms with Crippen molar-refractivity contribution in [1.82, 2.24) is 24.6 Å². The molecule has 2 aromatic heterocycles. The van der Waals surface area contributed by atoms with Crippen LogP contribution < -0.4 is 5.73 Å². The maximum Gasteiger partial charge on any atom is 0.274 e. The van der Waals surface area contributed by atoms with E-state index in [1.807, 2.05) is 0 Å². The third-order valence-corrected chi connectivity index (χ3v) is 5.58. The van der Waals surface area contributed by atoms with Crippen LogP contribution >= 0.6 is 0 Å². The number of primary amides is 1. The van der Waals surface area contributed by atoms with Gasteiger partial charge in [0.1, 0.15) is 11.6 Å². The standard InChI is InChI=1S/C22H23FN6O2/c1-13-17(20(24)30)11-25-21(26-13)15-4-3-9-29(12-15)22(31)18-10-19(28(2)27-18)14-5-7-16(23)8-6-14/h5-8,10-11,15H,3-4,9,12H2,1-2H3,(H2,24,30)/t15-/m0/s1. The van der Waals surface area contributed by atoms with Gasteiger partial charge in [-0.1, -0.05) is 0 Å². The average Bonchev–Trinajstić information content (AvgIpc) is 3.15. The summed E-state index contributed by atoms with van der Waals surface area (Å²) in [4.78, 5) is 35.1. The third-order valence-electron chi connectivity index (χ3n) is 5.58. The van der Waals surface area contributed by atoms with Gasteiger partial charge in [-0.3, -0.25) is 14.3 Å². The van der Waals surface area contributed by atoms with Crippen LogP contribution in [0.5, 0.6) is 0 Å². The molecule has 0 unspecified atom stereocenters. The van der Waals surface area contributed by atoms with Crippen LogP contribution in [0.4, 0.5) is 4.39 Å². The van der Waals surface area contributed by atoms with Gasteiger partial charge in [0, 0.05) is 32.3 Å². The summed E-state index contributed by atoms with van der Waals surface area (Å²) in [5, 5.41) is 4.38. The second kappa shape index (κ2) is 8.25. The summed E-state index contributed by atoms with van der Waals surface area (Å²) in [6.45, 7) is 2.81. The summed E-state index contributed by atoms with van der Waals surface area (Å²) >= 11 is 0. The predicted molar refractivity (Wildman–Crippen MR) is 112 cm³/mol. The Balaban J connectivity index is 1.53. The van der Waals surface area contributed by atoms with Crippen LogP contribution in [0, 0.1) is 12.7 Å². The van der Waals surface area contributed by atoms with Gasteiger partial charge in [-0.2, -0.15) is 5.10 Å². The predicted octanol–water partition coefficient (Wildman–Crippen LogP) is 2.44. The van der Waals surface area contributed by atoms with Crippen LogP contribution in [0.15, 0.2) is 36.5 Å². The Labute approximate surface area is 178 Å². The highest BCUT2D eigenvalue weighted by Crippen LogP contribution is 2.27. The number of amides is 2. The van der Waals surface area contributed by atoms with Crippen molar-refractivity contribution >= 4 is 11.8 Å². The first-order chi connectivity index (χ1) is 14.8. The minimum atomic E-state index is -0.559. The SMILES string of the molecule is Cc1nc([C@H]2CCCN(C(=O)c3cc(-c4ccc(F)cc4)n(C)n3)C2)ncc1C(N)=O. The molecule has 3 heterocycles. The van der Waals surface area contributed by atoms with Crippen molar-refractivity contribution in [3.05, 3.63) is 65.1 Å². The summed E-state index contributed by atoms with van der Waals surface area (Å²) in [7, 11) is 1.76. The molecule has 1 aromatic carbocycles. The summed E-state index contributed by atoms with van der Waals surface area (Å²) in [6.07, 6.45) is 3.12. The molecule has 4 rings (SSSR count). The highest BCUT2D eigenvalue weighted by atomic mass is 19.1. The number of halogens is 1. The molecule has 2 amide bonds. The molecule has 2 N–H and O–H groups in total. The number of piperidine rings is 1. The number of rotatable bonds is 4. The molecule has 1 aliphatic heterocycles.